The number of ketones is 1. The summed E-state index contributed by atoms with van der Waals surface area (Å²) in [6.45, 7) is 3.23. The van der Waals surface area contributed by atoms with Crippen LogP contribution in [0.25, 0.3) is 0 Å². The van der Waals surface area contributed by atoms with Crippen molar-refractivity contribution in [3.8, 4) is 5.75 Å². The Morgan fingerprint density at radius 2 is 1.85 bits per heavy atom. The maximum Gasteiger partial charge on any atom is 0.326 e. The summed E-state index contributed by atoms with van der Waals surface area (Å²) in [5.74, 6) is -1.23. The Morgan fingerprint density at radius 3 is 2.41 bits per heavy atom. The average molecular weight is 388 g/mol. The molecule has 3 rings (SSSR count). The fourth-order valence-corrected chi connectivity index (χ4v) is 4.28. The fourth-order valence-electron chi connectivity index (χ4n) is 3.11. The average Bonchev–Trinajstić information content (AvgIpc) is 2.86. The van der Waals surface area contributed by atoms with Crippen LogP contribution < -0.4 is 9.03 Å². The molecule has 2 aromatic rings. The number of hydrogen-bond acceptors (Lipinski definition) is 5. The van der Waals surface area contributed by atoms with Gasteiger partial charge < -0.3 is 5.11 Å². The highest BCUT2D eigenvalue weighted by Gasteiger charge is 2.36. The van der Waals surface area contributed by atoms with Gasteiger partial charge >= 0.3 is 10.2 Å². The molecule has 142 valence electrons. The second-order valence-corrected chi connectivity index (χ2v) is 8.71. The zero-order chi connectivity index (χ0) is 19.8. The number of phenols is 1. The van der Waals surface area contributed by atoms with Gasteiger partial charge in [-0.15, -0.1) is 0 Å². The third kappa shape index (κ3) is 3.80. The lowest BCUT2D eigenvalue weighted by Crippen LogP contribution is -2.30. The topological polar surface area (TPSA) is 104 Å². The van der Waals surface area contributed by atoms with E-state index in [2.05, 4.69) is 0 Å². The Labute approximate surface area is 157 Å². The number of carbonyl (C=O) groups excluding carboxylic acids is 2. The van der Waals surface area contributed by atoms with Crippen molar-refractivity contribution in [1.29, 1.82) is 0 Å². The summed E-state index contributed by atoms with van der Waals surface area (Å²) in [4.78, 5) is 24.3. The standard InChI is InChI=1S/C19H20N2O5S/c1-19(2,11-13-6-4-3-5-7-13)18(24)14-8-9-15(16(22)10-14)21-12-17(23)20-27(21,25)26/h3-10,22H,11-12H2,1-2H3,(H,20,23). The first kappa shape index (κ1) is 18.9. The molecule has 0 aliphatic carbocycles. The molecule has 2 aromatic carbocycles. The highest BCUT2D eigenvalue weighted by atomic mass is 32.2. The van der Waals surface area contributed by atoms with E-state index < -0.39 is 28.1 Å². The lowest BCUT2D eigenvalue weighted by atomic mass is 9.79. The number of carbonyl (C=O) groups is 2. The molecule has 1 amide bonds. The van der Waals surface area contributed by atoms with Crippen LogP contribution in [0.4, 0.5) is 5.69 Å². The van der Waals surface area contributed by atoms with E-state index >= 15 is 0 Å². The Hall–Kier alpha value is -2.87. The van der Waals surface area contributed by atoms with Gasteiger partial charge in [0.25, 0.3) is 5.91 Å². The van der Waals surface area contributed by atoms with Gasteiger partial charge in [0.2, 0.25) is 0 Å². The van der Waals surface area contributed by atoms with Gasteiger partial charge in [-0.2, -0.15) is 8.42 Å². The van der Waals surface area contributed by atoms with Crippen LogP contribution in [0.2, 0.25) is 0 Å². The molecule has 1 fully saturated rings. The smallest absolute Gasteiger partial charge is 0.326 e. The largest absolute Gasteiger partial charge is 0.506 e. The van der Waals surface area contributed by atoms with E-state index in [4.69, 9.17) is 0 Å². The molecule has 1 aliphatic heterocycles. The molecule has 0 saturated carbocycles. The lowest BCUT2D eigenvalue weighted by molar-refractivity contribution is -0.117. The number of nitrogens with one attached hydrogen (secondary N) is 1. The summed E-state index contributed by atoms with van der Waals surface area (Å²) in [6.07, 6.45) is 0.522. The molecule has 0 atom stereocenters. The molecule has 7 nitrogen and oxygen atoms in total. The number of rotatable bonds is 5. The highest BCUT2D eigenvalue weighted by Crippen LogP contribution is 2.34. The molecule has 0 spiro atoms. The van der Waals surface area contributed by atoms with E-state index in [0.29, 0.717) is 6.42 Å². The van der Waals surface area contributed by atoms with Crippen LogP contribution in [0.5, 0.6) is 5.75 Å². The first-order chi connectivity index (χ1) is 12.6. The first-order valence-electron chi connectivity index (χ1n) is 8.35. The Kier molecular flexibility index (Phi) is 4.69. The third-order valence-corrected chi connectivity index (χ3v) is 5.82. The molecule has 0 aromatic heterocycles. The predicted octanol–water partition coefficient (Wildman–Crippen LogP) is 2.02. The summed E-state index contributed by atoms with van der Waals surface area (Å²) in [5.41, 5.74) is 0.523. The molecule has 2 N–H and O–H groups in total. The first-order valence-corrected chi connectivity index (χ1v) is 9.79. The van der Waals surface area contributed by atoms with Gasteiger partial charge in [-0.1, -0.05) is 44.2 Å². The SMILES string of the molecule is CC(C)(Cc1ccccc1)C(=O)c1ccc(N2CC(=O)NS2(=O)=O)c(O)c1. The maximum atomic E-state index is 12.9. The van der Waals surface area contributed by atoms with Crippen molar-refractivity contribution in [3.05, 3.63) is 59.7 Å². The predicted molar refractivity (Wildman–Crippen MR) is 101 cm³/mol. The van der Waals surface area contributed by atoms with Crippen LogP contribution in [0, 0.1) is 5.41 Å². The van der Waals surface area contributed by atoms with Crippen molar-refractivity contribution in [2.45, 2.75) is 20.3 Å². The van der Waals surface area contributed by atoms with E-state index in [1.807, 2.05) is 48.9 Å². The number of anilines is 1. The summed E-state index contributed by atoms with van der Waals surface area (Å²) in [7, 11) is -4.03. The number of hydrogen-bond donors (Lipinski definition) is 2. The molecular formula is C19H20N2O5S. The van der Waals surface area contributed by atoms with E-state index in [1.54, 1.807) is 0 Å². The van der Waals surface area contributed by atoms with Crippen molar-refractivity contribution in [1.82, 2.24) is 4.72 Å². The van der Waals surface area contributed by atoms with Crippen molar-refractivity contribution < 1.29 is 23.1 Å². The van der Waals surface area contributed by atoms with Gasteiger partial charge in [0.15, 0.2) is 5.78 Å². The monoisotopic (exact) mass is 388 g/mol. The number of Topliss-reactive ketones (excluding diaryl/α,β-unsaturated/α-hetero) is 1. The van der Waals surface area contributed by atoms with Crippen LogP contribution in [-0.4, -0.2) is 31.8 Å². The summed E-state index contributed by atoms with van der Waals surface area (Å²) in [6, 6.07) is 13.6. The molecule has 1 saturated heterocycles. The van der Waals surface area contributed by atoms with Gasteiger partial charge in [0.05, 0.1) is 5.69 Å². The Balaban J connectivity index is 1.87. The number of phenolic OH excluding ortho intramolecular Hbond substituents is 1. The molecule has 8 heteroatoms. The quantitative estimate of drug-likeness (QED) is 0.763. The number of nitrogens with zero attached hydrogens (tertiary/aromatic N) is 1. The summed E-state index contributed by atoms with van der Waals surface area (Å²) in [5, 5.41) is 10.3. The molecule has 27 heavy (non-hydrogen) atoms. The molecule has 0 unspecified atom stereocenters. The third-order valence-electron chi connectivity index (χ3n) is 4.43. The minimum absolute atomic E-state index is 0.0502. The van der Waals surface area contributed by atoms with E-state index in [0.717, 1.165) is 9.87 Å². The number of aromatic hydroxyl groups is 1. The van der Waals surface area contributed by atoms with Gasteiger partial charge in [-0.3, -0.25) is 9.59 Å². The van der Waals surface area contributed by atoms with Crippen molar-refractivity contribution in [3.63, 3.8) is 0 Å². The molecule has 0 bridgehead atoms. The minimum atomic E-state index is -4.03. The Morgan fingerprint density at radius 1 is 1.19 bits per heavy atom. The van der Waals surface area contributed by atoms with E-state index in [9.17, 15) is 23.1 Å². The van der Waals surface area contributed by atoms with Crippen LogP contribution in [0.15, 0.2) is 48.5 Å². The van der Waals surface area contributed by atoms with Gasteiger partial charge in [-0.05, 0) is 30.2 Å². The van der Waals surface area contributed by atoms with Gasteiger partial charge in [0.1, 0.15) is 12.3 Å². The van der Waals surface area contributed by atoms with Crippen LogP contribution in [0.3, 0.4) is 0 Å². The maximum absolute atomic E-state index is 12.9. The van der Waals surface area contributed by atoms with E-state index in [-0.39, 0.29) is 22.8 Å². The van der Waals surface area contributed by atoms with Crippen molar-refractivity contribution >= 4 is 27.6 Å². The van der Waals surface area contributed by atoms with Crippen LogP contribution in [-0.2, 0) is 21.4 Å². The fraction of sp³-hybridized carbons (Fsp3) is 0.263. The van der Waals surface area contributed by atoms with E-state index in [1.165, 1.54) is 18.2 Å². The second-order valence-electron chi connectivity index (χ2n) is 7.12. The van der Waals surface area contributed by atoms with Crippen LogP contribution >= 0.6 is 0 Å². The molecule has 0 radical (unpaired) electrons. The van der Waals surface area contributed by atoms with Crippen molar-refractivity contribution in [2.24, 2.45) is 5.41 Å². The molecule has 1 heterocycles. The molecule has 1 aliphatic rings. The van der Waals surface area contributed by atoms with Gasteiger partial charge in [0, 0.05) is 11.0 Å². The minimum Gasteiger partial charge on any atom is -0.506 e. The summed E-state index contributed by atoms with van der Waals surface area (Å²) < 4.78 is 26.5. The number of benzene rings is 2. The second kappa shape index (κ2) is 6.70. The molecular weight excluding hydrogens is 368 g/mol. The normalized spacial score (nSPS) is 16.2. The van der Waals surface area contributed by atoms with Crippen molar-refractivity contribution in [2.75, 3.05) is 10.8 Å². The Bertz CT molecular complexity index is 1000. The van der Waals surface area contributed by atoms with Crippen LogP contribution in [0.1, 0.15) is 29.8 Å². The number of amides is 1. The zero-order valence-electron chi connectivity index (χ0n) is 15.0. The zero-order valence-corrected chi connectivity index (χ0v) is 15.8. The lowest BCUT2D eigenvalue weighted by Gasteiger charge is -2.24. The highest BCUT2D eigenvalue weighted by molar-refractivity contribution is 7.92. The summed E-state index contributed by atoms with van der Waals surface area (Å²) >= 11 is 0. The van der Waals surface area contributed by atoms with Gasteiger partial charge in [-0.25, -0.2) is 9.03 Å².